The fourth-order valence-corrected chi connectivity index (χ4v) is 4.86. The summed E-state index contributed by atoms with van der Waals surface area (Å²) in [5.74, 6) is 5.28. The number of thioether (sulfide) groups is 2. The minimum Gasteiger partial charge on any atom is -0.383 e. The average Bonchev–Trinajstić information content (AvgIpc) is 2.79. The lowest BCUT2D eigenvalue weighted by molar-refractivity contribution is 0.873. The number of hydrogen-bond donors (Lipinski definition) is 1. The van der Waals surface area contributed by atoms with Crippen molar-refractivity contribution in [2.75, 3.05) is 23.0 Å². The van der Waals surface area contributed by atoms with Gasteiger partial charge in [-0.05, 0) is 19.3 Å². The van der Waals surface area contributed by atoms with E-state index in [0.717, 1.165) is 30.2 Å². The SMILES string of the molecule is Nc1nc(C2CSCCS2)nc2c1CCC2. The molecule has 0 radical (unpaired) electrons. The Morgan fingerprint density at radius 1 is 1.19 bits per heavy atom. The molecule has 2 N–H and O–H groups in total. The van der Waals surface area contributed by atoms with Crippen molar-refractivity contribution in [1.82, 2.24) is 9.97 Å². The molecule has 1 aromatic heterocycles. The maximum absolute atomic E-state index is 6.01. The van der Waals surface area contributed by atoms with E-state index in [1.807, 2.05) is 23.5 Å². The lowest BCUT2D eigenvalue weighted by Crippen LogP contribution is -2.13. The number of rotatable bonds is 1. The van der Waals surface area contributed by atoms with Gasteiger partial charge in [0.1, 0.15) is 11.6 Å². The van der Waals surface area contributed by atoms with Crippen LogP contribution >= 0.6 is 23.5 Å². The van der Waals surface area contributed by atoms with E-state index in [-0.39, 0.29) is 0 Å². The third-order valence-electron chi connectivity index (χ3n) is 3.09. The van der Waals surface area contributed by atoms with Gasteiger partial charge in [0.15, 0.2) is 0 Å². The molecule has 1 aromatic rings. The van der Waals surface area contributed by atoms with Gasteiger partial charge in [0.25, 0.3) is 0 Å². The van der Waals surface area contributed by atoms with Crippen LogP contribution in [0.15, 0.2) is 0 Å². The van der Waals surface area contributed by atoms with Crippen LogP contribution in [0.3, 0.4) is 0 Å². The predicted octanol–water partition coefficient (Wildman–Crippen LogP) is 2.07. The van der Waals surface area contributed by atoms with Gasteiger partial charge in [-0.25, -0.2) is 9.97 Å². The van der Waals surface area contributed by atoms with E-state index >= 15 is 0 Å². The van der Waals surface area contributed by atoms with Crippen molar-refractivity contribution in [2.45, 2.75) is 24.5 Å². The van der Waals surface area contributed by atoms with Crippen LogP contribution in [0.5, 0.6) is 0 Å². The number of anilines is 1. The van der Waals surface area contributed by atoms with Crippen LogP contribution in [-0.2, 0) is 12.8 Å². The van der Waals surface area contributed by atoms with Crippen LogP contribution in [0.1, 0.15) is 28.8 Å². The van der Waals surface area contributed by atoms with Crippen LogP contribution in [0, 0.1) is 0 Å². The molecule has 0 aromatic carbocycles. The van der Waals surface area contributed by atoms with Gasteiger partial charge < -0.3 is 5.73 Å². The van der Waals surface area contributed by atoms with Crippen molar-refractivity contribution in [3.05, 3.63) is 17.1 Å². The number of aromatic nitrogens is 2. The Balaban J connectivity index is 1.92. The lowest BCUT2D eigenvalue weighted by Gasteiger charge is -2.20. The lowest BCUT2D eigenvalue weighted by atomic mass is 10.2. The number of fused-ring (bicyclic) bond motifs is 1. The number of aryl methyl sites for hydroxylation is 1. The summed E-state index contributed by atoms with van der Waals surface area (Å²) in [4.78, 5) is 9.21. The Hall–Kier alpha value is -0.420. The Kier molecular flexibility index (Phi) is 2.98. The highest BCUT2D eigenvalue weighted by molar-refractivity contribution is 8.06. The molecule has 0 spiro atoms. The molecule has 1 fully saturated rings. The van der Waals surface area contributed by atoms with Crippen molar-refractivity contribution in [3.63, 3.8) is 0 Å². The summed E-state index contributed by atoms with van der Waals surface area (Å²) in [6.45, 7) is 0. The van der Waals surface area contributed by atoms with E-state index in [1.54, 1.807) is 0 Å². The molecule has 0 amide bonds. The molecule has 1 aliphatic carbocycles. The highest BCUT2D eigenvalue weighted by Gasteiger charge is 2.23. The first-order chi connectivity index (χ1) is 7.84. The van der Waals surface area contributed by atoms with Crippen molar-refractivity contribution >= 4 is 29.3 Å². The van der Waals surface area contributed by atoms with Gasteiger partial charge in [-0.2, -0.15) is 11.8 Å². The third kappa shape index (κ3) is 1.91. The first kappa shape index (κ1) is 10.7. The molecule has 1 atom stereocenters. The molecule has 1 aliphatic heterocycles. The summed E-state index contributed by atoms with van der Waals surface area (Å²) in [6, 6.07) is 0. The molecular weight excluding hydrogens is 238 g/mol. The van der Waals surface area contributed by atoms with Crippen LogP contribution in [-0.4, -0.2) is 27.2 Å². The molecule has 2 aliphatic rings. The Morgan fingerprint density at radius 2 is 2.12 bits per heavy atom. The third-order valence-corrected chi connectivity index (χ3v) is 5.84. The summed E-state index contributed by atoms with van der Waals surface area (Å²) < 4.78 is 0. The standard InChI is InChI=1S/C11H15N3S2/c12-10-7-2-1-3-8(7)13-11(14-10)9-6-15-4-5-16-9/h9H,1-6H2,(H2,12,13,14). The van der Waals surface area contributed by atoms with Gasteiger partial charge in [-0.1, -0.05) is 0 Å². The zero-order valence-corrected chi connectivity index (χ0v) is 10.7. The topological polar surface area (TPSA) is 51.8 Å². The zero-order valence-electron chi connectivity index (χ0n) is 9.11. The number of nitrogen functional groups attached to an aromatic ring is 1. The molecule has 0 bridgehead atoms. The molecule has 16 heavy (non-hydrogen) atoms. The maximum atomic E-state index is 6.01. The largest absolute Gasteiger partial charge is 0.383 e. The molecule has 3 nitrogen and oxygen atoms in total. The van der Waals surface area contributed by atoms with E-state index in [9.17, 15) is 0 Å². The van der Waals surface area contributed by atoms with Crippen LogP contribution < -0.4 is 5.73 Å². The fraction of sp³-hybridized carbons (Fsp3) is 0.636. The van der Waals surface area contributed by atoms with Gasteiger partial charge in [0, 0.05) is 28.5 Å². The summed E-state index contributed by atoms with van der Waals surface area (Å²) in [7, 11) is 0. The van der Waals surface area contributed by atoms with E-state index < -0.39 is 0 Å². The van der Waals surface area contributed by atoms with E-state index in [1.165, 1.54) is 29.2 Å². The van der Waals surface area contributed by atoms with Crippen molar-refractivity contribution in [3.8, 4) is 0 Å². The summed E-state index contributed by atoms with van der Waals surface area (Å²) >= 11 is 3.96. The normalized spacial score (nSPS) is 24.4. The quantitative estimate of drug-likeness (QED) is 0.830. The second-order valence-corrected chi connectivity index (χ2v) is 6.64. The molecule has 3 rings (SSSR count). The molecule has 86 valence electrons. The first-order valence-electron chi connectivity index (χ1n) is 5.69. The summed E-state index contributed by atoms with van der Waals surface area (Å²) in [5, 5.41) is 0.451. The zero-order chi connectivity index (χ0) is 11.0. The van der Waals surface area contributed by atoms with Crippen LogP contribution in [0.4, 0.5) is 5.82 Å². The van der Waals surface area contributed by atoms with E-state index in [0.29, 0.717) is 5.25 Å². The number of hydrogen-bond acceptors (Lipinski definition) is 5. The molecule has 2 heterocycles. The smallest absolute Gasteiger partial charge is 0.144 e. The van der Waals surface area contributed by atoms with Gasteiger partial charge in [-0.3, -0.25) is 0 Å². The number of nitrogens with two attached hydrogens (primary N) is 1. The summed E-state index contributed by atoms with van der Waals surface area (Å²) in [6.07, 6.45) is 3.33. The van der Waals surface area contributed by atoms with Crippen molar-refractivity contribution in [2.24, 2.45) is 0 Å². The molecular formula is C11H15N3S2. The highest BCUT2D eigenvalue weighted by Crippen LogP contribution is 2.36. The van der Waals surface area contributed by atoms with Gasteiger partial charge >= 0.3 is 0 Å². The minimum absolute atomic E-state index is 0.451. The minimum atomic E-state index is 0.451. The van der Waals surface area contributed by atoms with E-state index in [2.05, 4.69) is 4.98 Å². The van der Waals surface area contributed by atoms with E-state index in [4.69, 9.17) is 10.7 Å². The van der Waals surface area contributed by atoms with Crippen LogP contribution in [0.2, 0.25) is 0 Å². The fourth-order valence-electron chi connectivity index (χ4n) is 2.26. The van der Waals surface area contributed by atoms with Gasteiger partial charge in [-0.15, -0.1) is 11.8 Å². The summed E-state index contributed by atoms with van der Waals surface area (Å²) in [5.41, 5.74) is 8.43. The van der Waals surface area contributed by atoms with Gasteiger partial charge in [0.2, 0.25) is 0 Å². The monoisotopic (exact) mass is 253 g/mol. The molecule has 1 saturated heterocycles. The van der Waals surface area contributed by atoms with Gasteiger partial charge in [0.05, 0.1) is 5.25 Å². The molecule has 5 heteroatoms. The predicted molar refractivity (Wildman–Crippen MR) is 71.0 cm³/mol. The molecule has 1 unspecified atom stereocenters. The average molecular weight is 253 g/mol. The Labute approximate surface area is 104 Å². The second kappa shape index (κ2) is 4.45. The van der Waals surface area contributed by atoms with Crippen LogP contribution in [0.25, 0.3) is 0 Å². The maximum Gasteiger partial charge on any atom is 0.144 e. The highest BCUT2D eigenvalue weighted by atomic mass is 32.2. The second-order valence-electron chi connectivity index (χ2n) is 4.18. The first-order valence-corrected chi connectivity index (χ1v) is 7.89. The number of nitrogens with zero attached hydrogens (tertiary/aromatic N) is 2. The Morgan fingerprint density at radius 3 is 2.94 bits per heavy atom. The molecule has 0 saturated carbocycles. The Bertz CT molecular complexity index is 402. The van der Waals surface area contributed by atoms with Crippen molar-refractivity contribution < 1.29 is 0 Å². The van der Waals surface area contributed by atoms with Crippen molar-refractivity contribution in [1.29, 1.82) is 0 Å².